The maximum Gasteiger partial charge on any atom is 0.251 e. The van der Waals surface area contributed by atoms with Gasteiger partial charge in [-0.2, -0.15) is 5.26 Å². The summed E-state index contributed by atoms with van der Waals surface area (Å²) in [7, 11) is 0. The van der Waals surface area contributed by atoms with Crippen LogP contribution in [-0.2, 0) is 9.59 Å². The van der Waals surface area contributed by atoms with Crippen LogP contribution in [0.2, 0.25) is 0 Å². The highest BCUT2D eigenvalue weighted by Crippen LogP contribution is 2.30. The van der Waals surface area contributed by atoms with Crippen LogP contribution in [0.25, 0.3) is 0 Å². The first-order chi connectivity index (χ1) is 14.1. The van der Waals surface area contributed by atoms with Crippen molar-refractivity contribution in [1.82, 2.24) is 10.6 Å². The molecule has 2 N–H and O–H groups in total. The Morgan fingerprint density at radius 3 is 2.73 bits per heavy atom. The molecule has 2 amide bonds. The van der Waals surface area contributed by atoms with Crippen molar-refractivity contribution in [2.45, 2.75) is 82.8 Å². The molecule has 3 aliphatic heterocycles. The van der Waals surface area contributed by atoms with Gasteiger partial charge in [0.15, 0.2) is 12.2 Å². The second kappa shape index (κ2) is 8.58. The molecule has 0 bridgehead atoms. The molecule has 2 saturated heterocycles. The monoisotopic (exact) mass is 421 g/mol. The molecule has 30 heavy (non-hydrogen) atoms. The lowest BCUT2D eigenvalue weighted by Gasteiger charge is -2.34. The molecule has 0 aliphatic carbocycles. The van der Waals surface area contributed by atoms with Crippen LogP contribution in [-0.4, -0.2) is 64.3 Å². The summed E-state index contributed by atoms with van der Waals surface area (Å²) in [5, 5.41) is 14.4. The van der Waals surface area contributed by atoms with Crippen molar-refractivity contribution >= 4 is 11.8 Å². The molecular formula is C20H28FN5O4+2. The van der Waals surface area contributed by atoms with Gasteiger partial charge in [-0.25, -0.2) is 4.39 Å². The predicted molar refractivity (Wildman–Crippen MR) is 104 cm³/mol. The minimum Gasteiger partial charge on any atom is -0.346 e. The van der Waals surface area contributed by atoms with Crippen molar-refractivity contribution < 1.29 is 23.5 Å². The van der Waals surface area contributed by atoms with Crippen LogP contribution in [0.5, 0.6) is 0 Å². The molecular weight excluding hydrogens is 393 g/mol. The van der Waals surface area contributed by atoms with Gasteiger partial charge in [0, 0.05) is 50.2 Å². The van der Waals surface area contributed by atoms with Crippen molar-refractivity contribution in [2.24, 2.45) is 5.92 Å². The molecule has 0 aromatic rings. The fourth-order valence-corrected chi connectivity index (χ4v) is 4.85. The summed E-state index contributed by atoms with van der Waals surface area (Å²) in [6.45, 7) is 4.97. The standard InChI is InChI=1S/C20H26FN5O4/c1-10-4-5-16-18(26(10)30)11(2)14(20(28)24-16)7-17(27)23-12(3)19-15(21)6-13(8-22)9-25(19)29/h10,12-13,15-16,18-19H,4-7,9H2,1-3H3/p+2/t10?,12-,13?,15?,16?,18?,19?/m1/s1. The van der Waals surface area contributed by atoms with E-state index in [0.29, 0.717) is 23.2 Å². The lowest BCUT2D eigenvalue weighted by molar-refractivity contribution is -0.622. The Labute approximate surface area is 174 Å². The number of hydrogen-bond acceptors (Lipinski definition) is 5. The Hall–Kier alpha value is -2.70. The fourth-order valence-electron chi connectivity index (χ4n) is 4.85. The Morgan fingerprint density at radius 2 is 2.10 bits per heavy atom. The predicted octanol–water partition coefficient (Wildman–Crippen LogP) is 1.05. The summed E-state index contributed by atoms with van der Waals surface area (Å²) in [5.74, 6) is -1.56. The molecule has 2 fully saturated rings. The number of nitroso groups, excluding NO2 is 2. The van der Waals surface area contributed by atoms with Crippen LogP contribution in [0.15, 0.2) is 11.1 Å². The van der Waals surface area contributed by atoms with E-state index >= 15 is 0 Å². The second-order valence-electron chi connectivity index (χ2n) is 8.67. The summed E-state index contributed by atoms with van der Waals surface area (Å²) < 4.78 is 15.9. The molecule has 3 aliphatic rings. The topological polar surface area (TPSA) is 122 Å². The highest BCUT2D eigenvalue weighted by molar-refractivity contribution is 6.00. The first-order valence-corrected chi connectivity index (χ1v) is 10.4. The highest BCUT2D eigenvalue weighted by Gasteiger charge is 2.49. The van der Waals surface area contributed by atoms with Gasteiger partial charge in [0.25, 0.3) is 6.04 Å². The third-order valence-corrected chi connectivity index (χ3v) is 6.53. The van der Waals surface area contributed by atoms with Gasteiger partial charge in [-0.3, -0.25) is 9.59 Å². The molecule has 10 heteroatoms. The summed E-state index contributed by atoms with van der Waals surface area (Å²) in [6, 6.07) is -0.912. The molecule has 0 radical (unpaired) electrons. The number of nitriles is 1. The van der Waals surface area contributed by atoms with Gasteiger partial charge in [-0.05, 0) is 20.3 Å². The SMILES string of the molecule is CC1=C(CC(=O)N[C@H](C)C2C(F)CC(C#N)C[N+]2=O)C(=O)NC2CCC(C)[N+](=O)C12. The number of halogens is 1. The Balaban J connectivity index is 1.69. The Bertz CT molecular complexity index is 851. The van der Waals surface area contributed by atoms with Crippen molar-refractivity contribution in [2.75, 3.05) is 6.54 Å². The van der Waals surface area contributed by atoms with Crippen LogP contribution < -0.4 is 10.6 Å². The number of fused-ring (bicyclic) bond motifs is 1. The van der Waals surface area contributed by atoms with E-state index in [1.807, 2.05) is 13.0 Å². The van der Waals surface area contributed by atoms with E-state index in [9.17, 15) is 23.8 Å². The number of nitrogens with one attached hydrogen (secondary N) is 2. The van der Waals surface area contributed by atoms with Gasteiger partial charge >= 0.3 is 0 Å². The Morgan fingerprint density at radius 1 is 1.40 bits per heavy atom. The fraction of sp³-hybridized carbons (Fsp3) is 0.750. The smallest absolute Gasteiger partial charge is 0.251 e. The number of hydrogen-bond donors (Lipinski definition) is 2. The van der Waals surface area contributed by atoms with E-state index in [4.69, 9.17) is 5.26 Å². The zero-order valence-electron chi connectivity index (χ0n) is 17.4. The molecule has 162 valence electrons. The number of amides is 2. The van der Waals surface area contributed by atoms with Gasteiger partial charge in [-0.1, -0.05) is 0 Å². The Kier molecular flexibility index (Phi) is 6.29. The lowest BCUT2D eigenvalue weighted by atomic mass is 9.83. The summed E-state index contributed by atoms with van der Waals surface area (Å²) in [4.78, 5) is 49.8. The first kappa shape index (κ1) is 22.0. The number of alkyl halides is 1. The average molecular weight is 421 g/mol. The van der Waals surface area contributed by atoms with Crippen LogP contribution in [0.4, 0.5) is 4.39 Å². The minimum atomic E-state index is -1.53. The van der Waals surface area contributed by atoms with Crippen LogP contribution in [0.1, 0.15) is 46.5 Å². The molecule has 3 rings (SSSR count). The zero-order chi connectivity index (χ0) is 22.2. The summed E-state index contributed by atoms with van der Waals surface area (Å²) >= 11 is 0. The third kappa shape index (κ3) is 4.11. The van der Waals surface area contributed by atoms with E-state index < -0.39 is 36.1 Å². The average Bonchev–Trinajstić information content (AvgIpc) is 2.67. The summed E-state index contributed by atoms with van der Waals surface area (Å²) in [6.07, 6.45) is -0.444. The van der Waals surface area contributed by atoms with E-state index in [-0.39, 0.29) is 43.0 Å². The molecule has 9 nitrogen and oxygen atoms in total. The molecule has 3 heterocycles. The molecule has 6 unspecified atom stereocenters. The third-order valence-electron chi connectivity index (χ3n) is 6.53. The van der Waals surface area contributed by atoms with E-state index in [0.717, 1.165) is 4.76 Å². The lowest BCUT2D eigenvalue weighted by Crippen LogP contribution is -2.58. The molecule has 7 atom stereocenters. The van der Waals surface area contributed by atoms with Gasteiger partial charge < -0.3 is 10.6 Å². The summed E-state index contributed by atoms with van der Waals surface area (Å²) in [5.41, 5.74) is 0.816. The van der Waals surface area contributed by atoms with Crippen molar-refractivity contribution in [3.05, 3.63) is 21.0 Å². The second-order valence-corrected chi connectivity index (χ2v) is 8.67. The number of piperidine rings is 2. The largest absolute Gasteiger partial charge is 0.346 e. The normalized spacial score (nSPS) is 35.2. The quantitative estimate of drug-likeness (QED) is 0.657. The number of nitrogens with zero attached hydrogens (tertiary/aromatic N) is 3. The highest BCUT2D eigenvalue weighted by atomic mass is 19.1. The van der Waals surface area contributed by atoms with E-state index in [2.05, 4.69) is 10.6 Å². The molecule has 0 saturated carbocycles. The van der Waals surface area contributed by atoms with Crippen LogP contribution in [0.3, 0.4) is 0 Å². The maximum atomic E-state index is 14.4. The van der Waals surface area contributed by atoms with Gasteiger partial charge in [0.1, 0.15) is 5.92 Å². The van der Waals surface area contributed by atoms with Crippen molar-refractivity contribution in [1.29, 1.82) is 5.26 Å². The van der Waals surface area contributed by atoms with Crippen molar-refractivity contribution in [3.8, 4) is 6.07 Å². The van der Waals surface area contributed by atoms with Gasteiger partial charge in [0.2, 0.25) is 24.4 Å². The number of carbonyl (C=O) groups excluding carboxylic acids is 2. The van der Waals surface area contributed by atoms with Crippen LogP contribution in [0, 0.1) is 27.1 Å². The zero-order valence-corrected chi connectivity index (χ0v) is 17.4. The molecule has 0 spiro atoms. The maximum absolute atomic E-state index is 14.4. The minimum absolute atomic E-state index is 0.0482. The van der Waals surface area contributed by atoms with Gasteiger partial charge in [0.05, 0.1) is 24.6 Å². The molecule has 0 aromatic heterocycles. The number of carbonyl (C=O) groups is 2. The van der Waals surface area contributed by atoms with Gasteiger partial charge in [-0.15, -0.1) is 0 Å². The first-order valence-electron chi connectivity index (χ1n) is 10.4. The molecule has 0 aromatic carbocycles. The van der Waals surface area contributed by atoms with E-state index in [1.165, 1.54) is 6.92 Å². The van der Waals surface area contributed by atoms with E-state index in [1.54, 1.807) is 6.92 Å². The van der Waals surface area contributed by atoms with Crippen LogP contribution >= 0.6 is 0 Å². The number of rotatable bonds is 4. The van der Waals surface area contributed by atoms with Crippen molar-refractivity contribution in [3.63, 3.8) is 0 Å².